The van der Waals surface area contributed by atoms with Gasteiger partial charge in [0, 0.05) is 30.6 Å². The standard InChI is InChI=1S/C18H19BrN2O2/c1-21(2)18(23)20-16(13-6-4-3-5-7-13)12-17(22)14-8-10-15(19)11-9-14/h3-11,16H,12H2,1-2H3,(H,20,23). The Morgan fingerprint density at radius 2 is 1.65 bits per heavy atom. The number of urea groups is 1. The summed E-state index contributed by atoms with van der Waals surface area (Å²) < 4.78 is 0.926. The maximum atomic E-state index is 12.5. The summed E-state index contributed by atoms with van der Waals surface area (Å²) in [7, 11) is 3.35. The minimum atomic E-state index is -0.359. The lowest BCUT2D eigenvalue weighted by Crippen LogP contribution is -2.37. The van der Waals surface area contributed by atoms with E-state index in [1.807, 2.05) is 42.5 Å². The highest BCUT2D eigenvalue weighted by atomic mass is 79.9. The van der Waals surface area contributed by atoms with Crippen molar-refractivity contribution in [1.29, 1.82) is 0 Å². The van der Waals surface area contributed by atoms with Crippen LogP contribution in [0.1, 0.15) is 28.4 Å². The molecule has 4 nitrogen and oxygen atoms in total. The molecule has 0 aliphatic carbocycles. The quantitative estimate of drug-likeness (QED) is 0.802. The van der Waals surface area contributed by atoms with Crippen LogP contribution in [0, 0.1) is 0 Å². The fourth-order valence-electron chi connectivity index (χ4n) is 2.15. The number of halogens is 1. The van der Waals surface area contributed by atoms with Gasteiger partial charge in [-0.3, -0.25) is 4.79 Å². The van der Waals surface area contributed by atoms with Crippen molar-refractivity contribution in [2.75, 3.05) is 14.1 Å². The Morgan fingerprint density at radius 3 is 2.22 bits per heavy atom. The molecule has 1 unspecified atom stereocenters. The second kappa shape index (κ2) is 7.92. The number of hydrogen-bond acceptors (Lipinski definition) is 2. The van der Waals surface area contributed by atoms with Crippen LogP contribution in [0.2, 0.25) is 0 Å². The lowest BCUT2D eigenvalue weighted by Gasteiger charge is -2.21. The van der Waals surface area contributed by atoms with E-state index in [-0.39, 0.29) is 24.3 Å². The summed E-state index contributed by atoms with van der Waals surface area (Å²) >= 11 is 3.36. The zero-order valence-electron chi connectivity index (χ0n) is 13.1. The molecule has 2 rings (SSSR count). The summed E-state index contributed by atoms with van der Waals surface area (Å²) in [4.78, 5) is 26.0. The number of rotatable bonds is 5. The summed E-state index contributed by atoms with van der Waals surface area (Å²) in [5.41, 5.74) is 1.54. The number of nitrogens with one attached hydrogen (secondary N) is 1. The molecule has 2 amide bonds. The first-order valence-corrected chi connectivity index (χ1v) is 8.08. The topological polar surface area (TPSA) is 49.4 Å². The van der Waals surface area contributed by atoms with Crippen molar-refractivity contribution in [3.63, 3.8) is 0 Å². The fraction of sp³-hybridized carbons (Fsp3) is 0.222. The zero-order chi connectivity index (χ0) is 16.8. The fourth-order valence-corrected chi connectivity index (χ4v) is 2.42. The predicted molar refractivity (Wildman–Crippen MR) is 94.5 cm³/mol. The van der Waals surface area contributed by atoms with Crippen LogP contribution in [-0.2, 0) is 0 Å². The van der Waals surface area contributed by atoms with Crippen molar-refractivity contribution in [3.8, 4) is 0 Å². The number of amides is 2. The van der Waals surface area contributed by atoms with Gasteiger partial charge in [0.15, 0.2) is 5.78 Å². The van der Waals surface area contributed by atoms with E-state index in [0.29, 0.717) is 5.56 Å². The second-order valence-electron chi connectivity index (χ2n) is 5.44. The van der Waals surface area contributed by atoms with Gasteiger partial charge in [0.25, 0.3) is 0 Å². The smallest absolute Gasteiger partial charge is 0.317 e. The van der Waals surface area contributed by atoms with Crippen LogP contribution in [0.4, 0.5) is 4.79 Å². The number of carbonyl (C=O) groups excluding carboxylic acids is 2. The zero-order valence-corrected chi connectivity index (χ0v) is 14.7. The van der Waals surface area contributed by atoms with Crippen molar-refractivity contribution >= 4 is 27.7 Å². The van der Waals surface area contributed by atoms with Crippen molar-refractivity contribution in [2.24, 2.45) is 0 Å². The van der Waals surface area contributed by atoms with Crippen molar-refractivity contribution in [1.82, 2.24) is 10.2 Å². The molecule has 0 aliphatic rings. The monoisotopic (exact) mass is 374 g/mol. The molecule has 2 aromatic rings. The summed E-state index contributed by atoms with van der Waals surface area (Å²) in [6.07, 6.45) is 0.214. The van der Waals surface area contributed by atoms with Gasteiger partial charge in [-0.2, -0.15) is 0 Å². The Hall–Kier alpha value is -2.14. The van der Waals surface area contributed by atoms with Crippen LogP contribution in [-0.4, -0.2) is 30.8 Å². The maximum absolute atomic E-state index is 12.5. The van der Waals surface area contributed by atoms with Gasteiger partial charge in [-0.25, -0.2) is 4.79 Å². The first-order valence-electron chi connectivity index (χ1n) is 7.29. The van der Waals surface area contributed by atoms with E-state index in [9.17, 15) is 9.59 Å². The molecule has 0 heterocycles. The molecule has 1 atom stereocenters. The highest BCUT2D eigenvalue weighted by molar-refractivity contribution is 9.10. The van der Waals surface area contributed by atoms with Crippen LogP contribution >= 0.6 is 15.9 Å². The van der Waals surface area contributed by atoms with E-state index in [0.717, 1.165) is 10.0 Å². The minimum Gasteiger partial charge on any atom is -0.331 e. The Kier molecular flexibility index (Phi) is 5.93. The molecule has 0 spiro atoms. The van der Waals surface area contributed by atoms with E-state index in [1.54, 1.807) is 26.2 Å². The number of Topliss-reactive ketones (excluding diaryl/α,β-unsaturated/α-hetero) is 1. The Balaban J connectivity index is 2.18. The first kappa shape index (κ1) is 17.2. The van der Waals surface area contributed by atoms with E-state index in [2.05, 4.69) is 21.2 Å². The normalized spacial score (nSPS) is 11.6. The second-order valence-corrected chi connectivity index (χ2v) is 6.36. The Morgan fingerprint density at radius 1 is 1.04 bits per heavy atom. The predicted octanol–water partition coefficient (Wildman–Crippen LogP) is 4.03. The van der Waals surface area contributed by atoms with Gasteiger partial charge in [0.05, 0.1) is 6.04 Å². The SMILES string of the molecule is CN(C)C(=O)NC(CC(=O)c1ccc(Br)cc1)c1ccccc1. The first-order chi connectivity index (χ1) is 11.0. The van der Waals surface area contributed by atoms with E-state index in [4.69, 9.17) is 0 Å². The Bertz CT molecular complexity index is 669. The van der Waals surface area contributed by atoms with Crippen molar-refractivity contribution in [2.45, 2.75) is 12.5 Å². The van der Waals surface area contributed by atoms with Gasteiger partial charge in [0.2, 0.25) is 0 Å². The summed E-state index contributed by atoms with van der Waals surface area (Å²) in [5.74, 6) is -0.00888. The number of nitrogens with zero attached hydrogens (tertiary/aromatic N) is 1. The number of carbonyl (C=O) groups is 2. The third kappa shape index (κ3) is 4.93. The van der Waals surface area contributed by atoms with Gasteiger partial charge in [-0.05, 0) is 17.7 Å². The maximum Gasteiger partial charge on any atom is 0.317 e. The molecule has 1 N–H and O–H groups in total. The molecule has 0 aliphatic heterocycles. The molecule has 2 aromatic carbocycles. The molecule has 120 valence electrons. The molecule has 0 fully saturated rings. The lowest BCUT2D eigenvalue weighted by molar-refractivity contribution is 0.0969. The third-order valence-electron chi connectivity index (χ3n) is 3.46. The summed E-state index contributed by atoms with van der Waals surface area (Å²) in [6, 6.07) is 16.2. The molecular formula is C18H19BrN2O2. The molecule has 0 aromatic heterocycles. The van der Waals surface area contributed by atoms with Gasteiger partial charge < -0.3 is 10.2 Å². The highest BCUT2D eigenvalue weighted by Gasteiger charge is 2.20. The number of ketones is 1. The third-order valence-corrected chi connectivity index (χ3v) is 3.99. The van der Waals surface area contributed by atoms with Crippen LogP contribution < -0.4 is 5.32 Å². The van der Waals surface area contributed by atoms with Crippen molar-refractivity contribution < 1.29 is 9.59 Å². The van der Waals surface area contributed by atoms with E-state index < -0.39 is 0 Å². The van der Waals surface area contributed by atoms with E-state index >= 15 is 0 Å². The van der Waals surface area contributed by atoms with Gasteiger partial charge in [0.1, 0.15) is 0 Å². The van der Waals surface area contributed by atoms with Crippen molar-refractivity contribution in [3.05, 3.63) is 70.2 Å². The minimum absolute atomic E-state index is 0.00888. The van der Waals surface area contributed by atoms with Crippen LogP contribution in [0.5, 0.6) is 0 Å². The molecular weight excluding hydrogens is 356 g/mol. The average molecular weight is 375 g/mol. The molecule has 5 heteroatoms. The molecule has 0 saturated carbocycles. The average Bonchev–Trinajstić information content (AvgIpc) is 2.55. The molecule has 0 bridgehead atoms. The molecule has 0 radical (unpaired) electrons. The van der Waals surface area contributed by atoms with Gasteiger partial charge in [-0.15, -0.1) is 0 Å². The Labute approximate surface area is 144 Å². The number of hydrogen-bond donors (Lipinski definition) is 1. The molecule has 0 saturated heterocycles. The largest absolute Gasteiger partial charge is 0.331 e. The summed E-state index contributed by atoms with van der Waals surface area (Å²) in [5, 5.41) is 2.90. The van der Waals surface area contributed by atoms with Crippen LogP contribution in [0.25, 0.3) is 0 Å². The highest BCUT2D eigenvalue weighted by Crippen LogP contribution is 2.20. The van der Waals surface area contributed by atoms with E-state index in [1.165, 1.54) is 4.90 Å². The van der Waals surface area contributed by atoms with Crippen LogP contribution in [0.3, 0.4) is 0 Å². The molecule has 23 heavy (non-hydrogen) atoms. The lowest BCUT2D eigenvalue weighted by atomic mass is 9.98. The van der Waals surface area contributed by atoms with Gasteiger partial charge >= 0.3 is 6.03 Å². The summed E-state index contributed by atoms with van der Waals surface area (Å²) in [6.45, 7) is 0. The van der Waals surface area contributed by atoms with Gasteiger partial charge in [-0.1, -0.05) is 58.4 Å². The van der Waals surface area contributed by atoms with Crippen LogP contribution in [0.15, 0.2) is 59.1 Å². The number of benzene rings is 2.